The Balaban J connectivity index is 0.000000235. The Morgan fingerprint density at radius 1 is 0.738 bits per heavy atom. The highest BCUT2D eigenvalue weighted by atomic mass is 35.5. The zero-order valence-electron chi connectivity index (χ0n) is 33.4. The van der Waals surface area contributed by atoms with Crippen molar-refractivity contribution in [3.63, 3.8) is 0 Å². The minimum Gasteiger partial charge on any atom is -0.400 e. The van der Waals surface area contributed by atoms with Crippen LogP contribution in [0.2, 0.25) is 10.0 Å². The fourth-order valence-electron chi connectivity index (χ4n) is 6.37. The van der Waals surface area contributed by atoms with Gasteiger partial charge in [0.2, 0.25) is 20.0 Å². The molecule has 2 amide bonds. The lowest BCUT2D eigenvalue weighted by molar-refractivity contribution is -0.136. The number of amides is 2. The first-order valence-corrected chi connectivity index (χ1v) is 22.2. The standard InChI is InChI=1S/C19H16ClF3N4O4S.C18H18ClF3N4O4S.CH4O/c20-12-7-11(1-2-13(12)21)26-18(29)10-5-14-17(25-9-24-14)15(6-10)32(30,31)27-4-3-16(28)19(22,23)8-27;19-11-7-10(1-2-12(11)20)25-17(28)9-5-13(23)16(24)14(6-9)31(29,30)26-4-3-15(27)18(21,22)8-26;1-2/h1-2,5-7,9,16,28H,3-4,8H2,(H,24,25)(H,26,29);1-2,5-7,15,27H,3-4,8,23-24H2,(H,25,28);2H,1H3. The molecule has 352 valence electrons. The first-order valence-electron chi connectivity index (χ1n) is 18.6. The highest BCUT2D eigenvalue weighted by Crippen LogP contribution is 2.36. The van der Waals surface area contributed by atoms with Crippen LogP contribution in [0.15, 0.2) is 76.8 Å². The Hall–Kier alpha value is -5.25. The number of nitrogen functional groups attached to an aromatic ring is 2. The molecule has 65 heavy (non-hydrogen) atoms. The van der Waals surface area contributed by atoms with Gasteiger partial charge < -0.3 is 42.4 Å². The number of nitrogens with one attached hydrogen (secondary N) is 3. The molecule has 5 aromatic rings. The minimum atomic E-state index is -4.56. The number of carbonyl (C=O) groups is 2. The molecule has 0 aliphatic carbocycles. The van der Waals surface area contributed by atoms with E-state index in [4.69, 9.17) is 39.8 Å². The van der Waals surface area contributed by atoms with Gasteiger partial charge in [0.05, 0.1) is 46.4 Å². The number of carbonyl (C=O) groups excluding carboxylic acids is 2. The summed E-state index contributed by atoms with van der Waals surface area (Å²) in [5.74, 6) is -10.2. The normalized spacial score (nSPS) is 18.7. The smallest absolute Gasteiger partial charge is 0.286 e. The van der Waals surface area contributed by atoms with Crippen LogP contribution in [0.3, 0.4) is 0 Å². The van der Waals surface area contributed by atoms with E-state index in [-0.39, 0.29) is 62.4 Å². The number of imidazole rings is 1. The Labute approximate surface area is 376 Å². The number of alkyl halides is 4. The van der Waals surface area contributed by atoms with Gasteiger partial charge in [-0.15, -0.1) is 0 Å². The van der Waals surface area contributed by atoms with Crippen molar-refractivity contribution in [3.8, 4) is 0 Å². The Bertz CT molecular complexity index is 2850. The number of aromatic amines is 1. The van der Waals surface area contributed by atoms with E-state index in [1.54, 1.807) is 0 Å². The highest BCUT2D eigenvalue weighted by Gasteiger charge is 2.49. The molecule has 0 radical (unpaired) electrons. The Morgan fingerprint density at radius 2 is 1.17 bits per heavy atom. The van der Waals surface area contributed by atoms with Crippen LogP contribution in [0.1, 0.15) is 33.6 Å². The van der Waals surface area contributed by atoms with E-state index in [0.29, 0.717) is 8.61 Å². The fourth-order valence-corrected chi connectivity index (χ4v) is 10.0. The lowest BCUT2D eigenvalue weighted by atomic mass is 10.1. The summed E-state index contributed by atoms with van der Waals surface area (Å²) in [4.78, 5) is 30.9. The van der Waals surface area contributed by atoms with Crippen molar-refractivity contribution < 1.29 is 68.1 Å². The summed E-state index contributed by atoms with van der Waals surface area (Å²) in [5, 5.41) is 30.2. The molecule has 27 heteroatoms. The third-order valence-electron chi connectivity index (χ3n) is 9.83. The summed E-state index contributed by atoms with van der Waals surface area (Å²) in [6, 6.07) is 11.3. The number of aliphatic hydroxyl groups excluding tert-OH is 3. The molecule has 0 saturated carbocycles. The molecule has 4 aromatic carbocycles. The SMILES string of the molecule is CO.Nc1cc(C(=O)Nc2ccc(F)c(Cl)c2)cc(S(=O)(=O)N2CCC(O)C(F)(F)C2)c1N.O=C(Nc1ccc(F)c(Cl)c1)c1cc(S(=O)(=O)N2CCC(O)C(F)(F)C2)c2nc[nH]c2c1. The largest absolute Gasteiger partial charge is 0.400 e. The van der Waals surface area contributed by atoms with Gasteiger partial charge in [0.1, 0.15) is 39.2 Å². The molecule has 2 unspecified atom stereocenters. The second kappa shape index (κ2) is 19.7. The van der Waals surface area contributed by atoms with Crippen LogP contribution >= 0.6 is 23.2 Å². The number of halogens is 8. The van der Waals surface area contributed by atoms with E-state index < -0.39 is 109 Å². The number of piperidine rings is 2. The molecular weight excluding hydrogens is 961 g/mol. The van der Waals surface area contributed by atoms with Crippen molar-refractivity contribution in [1.82, 2.24) is 18.6 Å². The van der Waals surface area contributed by atoms with Crippen molar-refractivity contribution in [2.24, 2.45) is 0 Å². The number of hydrogen-bond acceptors (Lipinski definition) is 12. The monoisotopic (exact) mass is 998 g/mol. The quantitative estimate of drug-likeness (QED) is 0.0763. The van der Waals surface area contributed by atoms with Crippen LogP contribution in [0, 0.1) is 11.6 Å². The third kappa shape index (κ3) is 11.1. The fraction of sp³-hybridized carbons (Fsp3) is 0.289. The van der Waals surface area contributed by atoms with Gasteiger partial charge in [-0.05, 0) is 73.5 Å². The van der Waals surface area contributed by atoms with E-state index in [2.05, 4.69) is 20.6 Å². The summed E-state index contributed by atoms with van der Waals surface area (Å²) in [6.45, 7) is -3.15. The van der Waals surface area contributed by atoms with E-state index in [0.717, 1.165) is 43.5 Å². The van der Waals surface area contributed by atoms with Crippen LogP contribution in [0.25, 0.3) is 11.0 Å². The lowest BCUT2D eigenvalue weighted by Crippen LogP contribution is -2.53. The van der Waals surface area contributed by atoms with Gasteiger partial charge in [-0.25, -0.2) is 48.2 Å². The van der Waals surface area contributed by atoms with Crippen molar-refractivity contribution in [2.75, 3.05) is 55.4 Å². The number of nitrogens with two attached hydrogens (primary N) is 2. The van der Waals surface area contributed by atoms with Crippen molar-refractivity contribution in [3.05, 3.63) is 99.8 Å². The highest BCUT2D eigenvalue weighted by molar-refractivity contribution is 7.89. The number of benzene rings is 4. The summed E-state index contributed by atoms with van der Waals surface area (Å²) < 4.78 is 136. The Morgan fingerprint density at radius 3 is 1.62 bits per heavy atom. The summed E-state index contributed by atoms with van der Waals surface area (Å²) in [7, 11) is -8.05. The van der Waals surface area contributed by atoms with Crippen LogP contribution in [0.5, 0.6) is 0 Å². The molecule has 0 spiro atoms. The van der Waals surface area contributed by atoms with Crippen LogP contribution in [-0.2, 0) is 20.0 Å². The van der Waals surface area contributed by atoms with E-state index in [1.807, 2.05) is 0 Å². The van der Waals surface area contributed by atoms with Crippen molar-refractivity contribution >= 4 is 88.8 Å². The van der Waals surface area contributed by atoms with Crippen molar-refractivity contribution in [1.29, 1.82) is 0 Å². The van der Waals surface area contributed by atoms with Gasteiger partial charge in [0.15, 0.2) is 0 Å². The number of nitrogens with zero attached hydrogens (tertiary/aromatic N) is 3. The number of sulfonamides is 2. The molecule has 2 aliphatic heterocycles. The zero-order chi connectivity index (χ0) is 48.4. The van der Waals surface area contributed by atoms with Gasteiger partial charge in [0.25, 0.3) is 23.7 Å². The predicted octanol–water partition coefficient (Wildman–Crippen LogP) is 4.89. The molecular formula is C38H38Cl2F6N8O9S2. The van der Waals surface area contributed by atoms with Gasteiger partial charge in [0, 0.05) is 42.7 Å². The van der Waals surface area contributed by atoms with Crippen molar-refractivity contribution in [2.45, 2.75) is 46.7 Å². The van der Waals surface area contributed by atoms with Gasteiger partial charge in [-0.1, -0.05) is 23.2 Å². The molecule has 1 aromatic heterocycles. The maximum Gasteiger partial charge on any atom is 0.286 e. The number of rotatable bonds is 8. The van der Waals surface area contributed by atoms with Gasteiger partial charge >= 0.3 is 0 Å². The first-order chi connectivity index (χ1) is 30.3. The summed E-state index contributed by atoms with van der Waals surface area (Å²) >= 11 is 11.4. The number of fused-ring (bicyclic) bond motifs is 1. The Kier molecular flexibility index (Phi) is 15.4. The van der Waals surface area contributed by atoms with Gasteiger partial charge in [-0.2, -0.15) is 8.61 Å². The van der Waals surface area contributed by atoms with Gasteiger partial charge in [-0.3, -0.25) is 9.59 Å². The maximum absolute atomic E-state index is 14.0. The molecule has 7 rings (SSSR count). The summed E-state index contributed by atoms with van der Waals surface area (Å²) in [5.41, 5.74) is 11.0. The second-order valence-corrected chi connectivity index (χ2v) is 18.9. The van der Waals surface area contributed by atoms with E-state index in [9.17, 15) is 63.0 Å². The lowest BCUT2D eigenvalue weighted by Gasteiger charge is -2.35. The molecule has 3 heterocycles. The molecule has 0 bridgehead atoms. The number of anilines is 4. The molecule has 2 aliphatic rings. The second-order valence-electron chi connectivity index (χ2n) is 14.2. The third-order valence-corrected chi connectivity index (χ3v) is 14.2. The molecule has 2 atom stereocenters. The molecule has 2 fully saturated rings. The maximum atomic E-state index is 14.0. The minimum absolute atomic E-state index is 0.0270. The molecule has 10 N–H and O–H groups in total. The molecule has 17 nitrogen and oxygen atoms in total. The number of aromatic nitrogens is 2. The van der Waals surface area contributed by atoms with Crippen LogP contribution < -0.4 is 22.1 Å². The average molecular weight is 1000 g/mol. The van der Waals surface area contributed by atoms with Crippen LogP contribution in [-0.4, -0.2) is 120 Å². The topological polar surface area (TPSA) is 274 Å². The number of hydrogen-bond donors (Lipinski definition) is 8. The molecule has 2 saturated heterocycles. The van der Waals surface area contributed by atoms with E-state index >= 15 is 0 Å². The van der Waals surface area contributed by atoms with E-state index in [1.165, 1.54) is 30.6 Å². The van der Waals surface area contributed by atoms with Crippen LogP contribution in [0.4, 0.5) is 49.1 Å². The number of H-pyrrole nitrogens is 1. The predicted molar refractivity (Wildman–Crippen MR) is 227 cm³/mol. The first kappa shape index (κ1) is 50.7. The zero-order valence-corrected chi connectivity index (χ0v) is 36.5. The average Bonchev–Trinajstić information content (AvgIpc) is 3.73. The summed E-state index contributed by atoms with van der Waals surface area (Å²) in [6.07, 6.45) is -3.63. The number of aliphatic hydroxyl groups is 3.